The van der Waals surface area contributed by atoms with Gasteiger partial charge in [-0.25, -0.2) is 0 Å². The molecule has 0 aliphatic carbocycles. The summed E-state index contributed by atoms with van der Waals surface area (Å²) in [5.41, 5.74) is 2.88. The fourth-order valence-electron chi connectivity index (χ4n) is 3.37. The van der Waals surface area contributed by atoms with Crippen molar-refractivity contribution in [2.45, 2.75) is 12.5 Å². The van der Waals surface area contributed by atoms with Crippen LogP contribution < -0.4 is 15.0 Å². The summed E-state index contributed by atoms with van der Waals surface area (Å²) in [5, 5.41) is 30.3. The highest BCUT2D eigenvalue weighted by Gasteiger charge is 2.22. The van der Waals surface area contributed by atoms with Crippen LogP contribution in [0, 0.1) is 0 Å². The summed E-state index contributed by atoms with van der Waals surface area (Å²) in [5.74, 6) is 1.41. The standard InChI is InChI=1S/C20H22N6O2/c1-21-15-7-8-26(12-15)19-6-5-17(23-24-19)16-4-3-13(9-18(16)27)14-10-20(28-2)25-22-11-14/h3-6,9-11,15,21,27H,7-8,12H2,1-2H3/t15-/m0/s1. The number of nitrogens with zero attached hydrogens (tertiary/aromatic N) is 5. The van der Waals surface area contributed by atoms with Crippen LogP contribution >= 0.6 is 0 Å². The van der Waals surface area contributed by atoms with Gasteiger partial charge in [-0.3, -0.25) is 0 Å². The van der Waals surface area contributed by atoms with E-state index in [1.807, 2.05) is 31.3 Å². The third-order valence-corrected chi connectivity index (χ3v) is 5.02. The van der Waals surface area contributed by atoms with Gasteiger partial charge in [-0.1, -0.05) is 6.07 Å². The Morgan fingerprint density at radius 3 is 2.68 bits per heavy atom. The summed E-state index contributed by atoms with van der Waals surface area (Å²) in [6.45, 7) is 1.89. The van der Waals surface area contributed by atoms with Crippen LogP contribution in [0.5, 0.6) is 11.6 Å². The summed E-state index contributed by atoms with van der Waals surface area (Å²) in [6.07, 6.45) is 2.72. The van der Waals surface area contributed by atoms with Gasteiger partial charge < -0.3 is 20.1 Å². The minimum Gasteiger partial charge on any atom is -0.507 e. The quantitative estimate of drug-likeness (QED) is 0.697. The summed E-state index contributed by atoms with van der Waals surface area (Å²) >= 11 is 0. The highest BCUT2D eigenvalue weighted by molar-refractivity contribution is 5.74. The molecule has 0 saturated carbocycles. The molecular formula is C20H22N6O2. The number of aromatic nitrogens is 4. The highest BCUT2D eigenvalue weighted by atomic mass is 16.5. The van der Waals surface area contributed by atoms with Crippen LogP contribution in [-0.4, -0.2) is 58.8 Å². The van der Waals surface area contributed by atoms with Crippen LogP contribution in [0.1, 0.15) is 6.42 Å². The molecule has 0 bridgehead atoms. The molecule has 0 amide bonds. The SMILES string of the molecule is CN[C@H]1CCN(c2ccc(-c3ccc(-c4cnnc(OC)c4)cc3O)nn2)C1. The molecule has 28 heavy (non-hydrogen) atoms. The van der Waals surface area contributed by atoms with Crippen LogP contribution in [-0.2, 0) is 0 Å². The summed E-state index contributed by atoms with van der Waals surface area (Å²) < 4.78 is 5.10. The van der Waals surface area contributed by atoms with Gasteiger partial charge in [0.15, 0.2) is 5.82 Å². The predicted molar refractivity (Wildman–Crippen MR) is 106 cm³/mol. The first-order valence-corrected chi connectivity index (χ1v) is 9.14. The Balaban J connectivity index is 1.56. The maximum Gasteiger partial charge on any atom is 0.233 e. The van der Waals surface area contributed by atoms with E-state index >= 15 is 0 Å². The van der Waals surface area contributed by atoms with Crippen molar-refractivity contribution in [1.29, 1.82) is 0 Å². The molecule has 1 aliphatic rings. The molecule has 1 saturated heterocycles. The molecule has 1 fully saturated rings. The molecular weight excluding hydrogens is 356 g/mol. The van der Waals surface area contributed by atoms with Crippen molar-refractivity contribution in [3.05, 3.63) is 42.6 Å². The monoisotopic (exact) mass is 378 g/mol. The number of ether oxygens (including phenoxy) is 1. The maximum absolute atomic E-state index is 10.5. The second-order valence-corrected chi connectivity index (χ2v) is 6.72. The minimum absolute atomic E-state index is 0.131. The smallest absolute Gasteiger partial charge is 0.233 e. The number of rotatable bonds is 5. The lowest BCUT2D eigenvalue weighted by Gasteiger charge is -2.17. The zero-order valence-corrected chi connectivity index (χ0v) is 15.8. The van der Waals surface area contributed by atoms with E-state index in [1.165, 1.54) is 7.11 Å². The molecule has 1 atom stereocenters. The van der Waals surface area contributed by atoms with Crippen molar-refractivity contribution in [3.63, 3.8) is 0 Å². The van der Waals surface area contributed by atoms with Gasteiger partial charge in [-0.15, -0.1) is 15.3 Å². The van der Waals surface area contributed by atoms with Gasteiger partial charge in [0.25, 0.3) is 0 Å². The van der Waals surface area contributed by atoms with Crippen molar-refractivity contribution < 1.29 is 9.84 Å². The normalized spacial score (nSPS) is 16.4. The van der Waals surface area contributed by atoms with Gasteiger partial charge in [0, 0.05) is 36.3 Å². The number of anilines is 1. The predicted octanol–water partition coefficient (Wildman–Crippen LogP) is 2.11. The molecule has 1 aliphatic heterocycles. The van der Waals surface area contributed by atoms with Crippen molar-refractivity contribution >= 4 is 5.82 Å². The van der Waals surface area contributed by atoms with Gasteiger partial charge in [-0.2, -0.15) is 5.10 Å². The molecule has 0 radical (unpaired) electrons. The van der Waals surface area contributed by atoms with Gasteiger partial charge >= 0.3 is 0 Å². The first-order chi connectivity index (χ1) is 13.7. The highest BCUT2D eigenvalue weighted by Crippen LogP contribution is 2.33. The molecule has 144 valence electrons. The Hall–Kier alpha value is -3.26. The first-order valence-electron chi connectivity index (χ1n) is 9.14. The third-order valence-electron chi connectivity index (χ3n) is 5.02. The Kier molecular flexibility index (Phi) is 5.03. The fourth-order valence-corrected chi connectivity index (χ4v) is 3.37. The van der Waals surface area contributed by atoms with E-state index in [2.05, 4.69) is 30.6 Å². The van der Waals surface area contributed by atoms with Crippen LogP contribution in [0.25, 0.3) is 22.4 Å². The molecule has 1 aromatic carbocycles. The van der Waals surface area contributed by atoms with Gasteiger partial charge in [-0.05, 0) is 43.3 Å². The fraction of sp³-hybridized carbons (Fsp3) is 0.300. The topological polar surface area (TPSA) is 96.3 Å². The van der Waals surface area contributed by atoms with Crippen molar-refractivity contribution in [3.8, 4) is 34.0 Å². The number of aromatic hydroxyl groups is 1. The first kappa shape index (κ1) is 18.1. The molecule has 0 unspecified atom stereocenters. The van der Waals surface area contributed by atoms with E-state index in [0.717, 1.165) is 36.5 Å². The molecule has 2 N–H and O–H groups in total. The summed E-state index contributed by atoms with van der Waals surface area (Å²) in [7, 11) is 3.52. The van der Waals surface area contributed by atoms with E-state index in [0.29, 0.717) is 23.2 Å². The molecule has 8 heteroatoms. The van der Waals surface area contributed by atoms with Crippen molar-refractivity contribution in [1.82, 2.24) is 25.7 Å². The molecule has 3 heterocycles. The van der Waals surface area contributed by atoms with Gasteiger partial charge in [0.1, 0.15) is 5.75 Å². The van der Waals surface area contributed by atoms with Crippen LogP contribution in [0.2, 0.25) is 0 Å². The lowest BCUT2D eigenvalue weighted by atomic mass is 10.0. The molecule has 0 spiro atoms. The number of methoxy groups -OCH3 is 1. The molecule has 4 rings (SSSR count). The minimum atomic E-state index is 0.131. The van der Waals surface area contributed by atoms with E-state index < -0.39 is 0 Å². The average molecular weight is 378 g/mol. The van der Waals surface area contributed by atoms with Crippen LogP contribution in [0.4, 0.5) is 5.82 Å². The number of likely N-dealkylation sites (N-methyl/N-ethyl adjacent to an activating group) is 1. The number of nitrogens with one attached hydrogen (secondary N) is 1. The third kappa shape index (κ3) is 3.59. The maximum atomic E-state index is 10.5. The Morgan fingerprint density at radius 1 is 1.11 bits per heavy atom. The van der Waals surface area contributed by atoms with E-state index in [9.17, 15) is 5.11 Å². The summed E-state index contributed by atoms with van der Waals surface area (Å²) in [4.78, 5) is 2.21. The Bertz CT molecular complexity index is 963. The molecule has 2 aromatic heterocycles. The van der Waals surface area contributed by atoms with E-state index in [4.69, 9.17) is 4.74 Å². The number of phenols is 1. The van der Waals surface area contributed by atoms with Crippen LogP contribution in [0.3, 0.4) is 0 Å². The lowest BCUT2D eigenvalue weighted by molar-refractivity contribution is 0.392. The van der Waals surface area contributed by atoms with Crippen molar-refractivity contribution in [2.24, 2.45) is 0 Å². The number of hydrogen-bond donors (Lipinski definition) is 2. The number of hydrogen-bond acceptors (Lipinski definition) is 8. The van der Waals surface area contributed by atoms with Crippen molar-refractivity contribution in [2.75, 3.05) is 32.1 Å². The average Bonchev–Trinajstić information content (AvgIpc) is 3.23. The molecule has 8 nitrogen and oxygen atoms in total. The van der Waals surface area contributed by atoms with Crippen LogP contribution in [0.15, 0.2) is 42.6 Å². The number of phenolic OH excluding ortho intramolecular Hbond substituents is 1. The van der Waals surface area contributed by atoms with Gasteiger partial charge in [0.2, 0.25) is 5.88 Å². The Morgan fingerprint density at radius 2 is 2.00 bits per heavy atom. The Labute approximate surface area is 163 Å². The lowest BCUT2D eigenvalue weighted by Crippen LogP contribution is -2.29. The number of benzene rings is 1. The van der Waals surface area contributed by atoms with E-state index in [1.54, 1.807) is 18.3 Å². The largest absolute Gasteiger partial charge is 0.507 e. The summed E-state index contributed by atoms with van der Waals surface area (Å²) in [6, 6.07) is 11.5. The zero-order chi connectivity index (χ0) is 19.5. The van der Waals surface area contributed by atoms with E-state index in [-0.39, 0.29) is 5.75 Å². The second-order valence-electron chi connectivity index (χ2n) is 6.72. The second kappa shape index (κ2) is 7.77. The molecule has 3 aromatic rings. The zero-order valence-electron chi connectivity index (χ0n) is 15.8. The van der Waals surface area contributed by atoms with Gasteiger partial charge in [0.05, 0.1) is 19.0 Å².